The Morgan fingerprint density at radius 2 is 2.12 bits per heavy atom. The van der Waals surface area contributed by atoms with Crippen molar-refractivity contribution >= 4 is 33.6 Å². The maximum absolute atomic E-state index is 11.9. The molecule has 0 bridgehead atoms. The Morgan fingerprint density at radius 3 is 2.59 bits per heavy atom. The number of methoxy groups -OCH3 is 1. The molecule has 1 atom stereocenters. The fraction of sp³-hybridized carbons (Fsp3) is 0.417. The highest BCUT2D eigenvalue weighted by Crippen LogP contribution is 2.14. The van der Waals surface area contributed by atoms with Crippen LogP contribution in [-0.4, -0.2) is 37.3 Å². The summed E-state index contributed by atoms with van der Waals surface area (Å²) in [5, 5.41) is 3.58. The quantitative estimate of drug-likeness (QED) is 0.647. The average molecular weight is 318 g/mol. The van der Waals surface area contributed by atoms with Gasteiger partial charge in [0, 0.05) is 22.9 Å². The van der Waals surface area contributed by atoms with Gasteiger partial charge in [0.25, 0.3) is 5.91 Å². The van der Waals surface area contributed by atoms with Crippen LogP contribution in [-0.2, 0) is 4.74 Å². The standard InChI is InChI=1S/C12H16BrNO2S/c1-16-8-10(7-13)14-12(15)9-3-5-11(17-2)6-4-9/h3-6,10H,7-8H2,1-2H3,(H,14,15). The molecule has 0 spiro atoms. The van der Waals surface area contributed by atoms with E-state index in [1.165, 1.54) is 0 Å². The molecule has 0 aliphatic rings. The van der Waals surface area contributed by atoms with E-state index in [1.807, 2.05) is 30.5 Å². The first kappa shape index (κ1) is 14.5. The number of alkyl halides is 1. The zero-order valence-corrected chi connectivity index (χ0v) is 12.3. The molecule has 17 heavy (non-hydrogen) atoms. The largest absolute Gasteiger partial charge is 0.383 e. The van der Waals surface area contributed by atoms with Gasteiger partial charge in [-0.1, -0.05) is 15.9 Å². The van der Waals surface area contributed by atoms with Crippen molar-refractivity contribution < 1.29 is 9.53 Å². The van der Waals surface area contributed by atoms with Crippen molar-refractivity contribution in [2.24, 2.45) is 0 Å². The third-order valence-corrected chi connectivity index (χ3v) is 3.77. The fourth-order valence-corrected chi connectivity index (χ4v) is 2.09. The molecule has 0 heterocycles. The second-order valence-corrected chi connectivity index (χ2v) is 5.04. The minimum Gasteiger partial charge on any atom is -0.383 e. The summed E-state index contributed by atoms with van der Waals surface area (Å²) in [5.41, 5.74) is 0.671. The molecule has 0 aromatic heterocycles. The second kappa shape index (κ2) is 7.74. The smallest absolute Gasteiger partial charge is 0.251 e. The summed E-state index contributed by atoms with van der Waals surface area (Å²) < 4.78 is 5.02. The summed E-state index contributed by atoms with van der Waals surface area (Å²) in [5.74, 6) is -0.0702. The van der Waals surface area contributed by atoms with E-state index in [-0.39, 0.29) is 11.9 Å². The summed E-state index contributed by atoms with van der Waals surface area (Å²) >= 11 is 5.00. The van der Waals surface area contributed by atoms with E-state index in [4.69, 9.17) is 4.74 Å². The zero-order valence-electron chi connectivity index (χ0n) is 9.90. The first-order valence-electron chi connectivity index (χ1n) is 5.21. The van der Waals surface area contributed by atoms with Gasteiger partial charge in [-0.05, 0) is 30.5 Å². The van der Waals surface area contributed by atoms with Crippen LogP contribution < -0.4 is 5.32 Å². The molecule has 94 valence electrons. The number of rotatable bonds is 6. The molecule has 3 nitrogen and oxygen atoms in total. The van der Waals surface area contributed by atoms with Gasteiger partial charge in [-0.15, -0.1) is 11.8 Å². The molecule has 0 fully saturated rings. The van der Waals surface area contributed by atoms with Crippen LogP contribution >= 0.6 is 27.7 Å². The third kappa shape index (κ3) is 4.69. The number of hydrogen-bond donors (Lipinski definition) is 1. The van der Waals surface area contributed by atoms with Gasteiger partial charge in [-0.2, -0.15) is 0 Å². The highest BCUT2D eigenvalue weighted by Gasteiger charge is 2.12. The minimum atomic E-state index is -0.0702. The van der Waals surface area contributed by atoms with Gasteiger partial charge in [-0.3, -0.25) is 4.79 Å². The van der Waals surface area contributed by atoms with Crippen LogP contribution in [0.4, 0.5) is 0 Å². The molecule has 0 saturated heterocycles. The van der Waals surface area contributed by atoms with E-state index in [0.717, 1.165) is 4.90 Å². The molecule has 1 N–H and O–H groups in total. The molecule has 1 amide bonds. The number of benzene rings is 1. The fourth-order valence-electron chi connectivity index (χ4n) is 1.34. The number of carbonyl (C=O) groups excluding carboxylic acids is 1. The SMILES string of the molecule is COCC(CBr)NC(=O)c1ccc(SC)cc1. The summed E-state index contributed by atoms with van der Waals surface area (Å²) in [7, 11) is 1.62. The Bertz CT molecular complexity index is 356. The molecule has 1 unspecified atom stereocenters. The lowest BCUT2D eigenvalue weighted by Gasteiger charge is -2.15. The van der Waals surface area contributed by atoms with Gasteiger partial charge in [-0.25, -0.2) is 0 Å². The molecule has 0 aliphatic carbocycles. The normalized spacial score (nSPS) is 12.2. The first-order chi connectivity index (χ1) is 8.21. The highest BCUT2D eigenvalue weighted by molar-refractivity contribution is 9.09. The minimum absolute atomic E-state index is 0.00673. The lowest BCUT2D eigenvalue weighted by molar-refractivity contribution is 0.0908. The van der Waals surface area contributed by atoms with Crippen LogP contribution in [0.15, 0.2) is 29.2 Å². The topological polar surface area (TPSA) is 38.3 Å². The molecule has 0 aliphatic heterocycles. The summed E-state index contributed by atoms with van der Waals surface area (Å²) in [6.07, 6.45) is 2.01. The number of ether oxygens (including phenoxy) is 1. The van der Waals surface area contributed by atoms with Gasteiger partial charge < -0.3 is 10.1 Å². The van der Waals surface area contributed by atoms with Crippen LogP contribution in [0.5, 0.6) is 0 Å². The number of amides is 1. The van der Waals surface area contributed by atoms with Crippen LogP contribution in [0.2, 0.25) is 0 Å². The summed E-state index contributed by atoms with van der Waals surface area (Å²) in [4.78, 5) is 13.0. The van der Waals surface area contributed by atoms with Crippen LogP contribution in [0.25, 0.3) is 0 Å². The average Bonchev–Trinajstić information content (AvgIpc) is 2.38. The van der Waals surface area contributed by atoms with Gasteiger partial charge in [0.05, 0.1) is 12.6 Å². The van der Waals surface area contributed by atoms with Gasteiger partial charge in [0.15, 0.2) is 0 Å². The molecular formula is C12H16BrNO2S. The molecule has 1 aromatic rings. The number of nitrogens with one attached hydrogen (secondary N) is 1. The van der Waals surface area contributed by atoms with Crippen LogP contribution in [0.3, 0.4) is 0 Å². The number of thioether (sulfide) groups is 1. The Balaban J connectivity index is 2.62. The Labute approximate surface area is 114 Å². The maximum Gasteiger partial charge on any atom is 0.251 e. The zero-order chi connectivity index (χ0) is 12.7. The predicted octanol–water partition coefficient (Wildman–Crippen LogP) is 2.55. The summed E-state index contributed by atoms with van der Waals surface area (Å²) in [6.45, 7) is 0.500. The number of halogens is 1. The first-order valence-corrected chi connectivity index (χ1v) is 7.55. The molecule has 0 radical (unpaired) electrons. The van der Waals surface area contributed by atoms with Gasteiger partial charge in [0.1, 0.15) is 0 Å². The van der Waals surface area contributed by atoms with Crippen molar-refractivity contribution in [2.45, 2.75) is 10.9 Å². The Kier molecular flexibility index (Phi) is 6.62. The van der Waals surface area contributed by atoms with Crippen molar-refractivity contribution in [3.8, 4) is 0 Å². The van der Waals surface area contributed by atoms with E-state index in [1.54, 1.807) is 18.9 Å². The molecular weight excluding hydrogens is 302 g/mol. The van der Waals surface area contributed by atoms with Gasteiger partial charge >= 0.3 is 0 Å². The number of carbonyl (C=O) groups is 1. The van der Waals surface area contributed by atoms with Crippen molar-refractivity contribution in [3.63, 3.8) is 0 Å². The lowest BCUT2D eigenvalue weighted by Crippen LogP contribution is -2.39. The van der Waals surface area contributed by atoms with E-state index >= 15 is 0 Å². The molecule has 1 aromatic carbocycles. The molecule has 0 saturated carbocycles. The predicted molar refractivity (Wildman–Crippen MR) is 75.1 cm³/mol. The molecule has 5 heteroatoms. The van der Waals surface area contributed by atoms with E-state index < -0.39 is 0 Å². The van der Waals surface area contributed by atoms with Crippen LogP contribution in [0.1, 0.15) is 10.4 Å². The highest BCUT2D eigenvalue weighted by atomic mass is 79.9. The number of hydrogen-bond acceptors (Lipinski definition) is 3. The van der Waals surface area contributed by atoms with Crippen molar-refractivity contribution in [2.75, 3.05) is 25.3 Å². The van der Waals surface area contributed by atoms with Crippen molar-refractivity contribution in [3.05, 3.63) is 29.8 Å². The van der Waals surface area contributed by atoms with Crippen molar-refractivity contribution in [1.82, 2.24) is 5.32 Å². The van der Waals surface area contributed by atoms with Gasteiger partial charge in [0.2, 0.25) is 0 Å². The summed E-state index contributed by atoms with van der Waals surface area (Å²) in [6, 6.07) is 7.55. The second-order valence-electron chi connectivity index (χ2n) is 3.51. The van der Waals surface area contributed by atoms with Crippen molar-refractivity contribution in [1.29, 1.82) is 0 Å². The van der Waals surface area contributed by atoms with Crippen LogP contribution in [0, 0.1) is 0 Å². The van der Waals surface area contributed by atoms with E-state index in [0.29, 0.717) is 17.5 Å². The van der Waals surface area contributed by atoms with E-state index in [9.17, 15) is 4.79 Å². The Morgan fingerprint density at radius 1 is 1.47 bits per heavy atom. The Hall–Kier alpha value is -0.520. The third-order valence-electron chi connectivity index (χ3n) is 2.24. The monoisotopic (exact) mass is 317 g/mol. The lowest BCUT2D eigenvalue weighted by atomic mass is 10.2. The van der Waals surface area contributed by atoms with E-state index in [2.05, 4.69) is 21.2 Å². The maximum atomic E-state index is 11.9. The molecule has 1 rings (SSSR count).